The molecule has 0 unspecified atom stereocenters. The maximum atomic E-state index is 10.6. The van der Waals surface area contributed by atoms with E-state index in [-0.39, 0.29) is 11.0 Å². The molecular formula is C9H19NO. The van der Waals surface area contributed by atoms with E-state index in [0.717, 1.165) is 12.7 Å². The molecule has 0 fully saturated rings. The monoisotopic (exact) mass is 157 g/mol. The molecule has 0 aliphatic rings. The lowest BCUT2D eigenvalue weighted by Crippen LogP contribution is -2.40. The first kappa shape index (κ1) is 10.6. The SMILES string of the molecule is CNC(C)(C)CC(C)(C)C=O. The minimum absolute atomic E-state index is 0.0460. The minimum Gasteiger partial charge on any atom is -0.315 e. The topological polar surface area (TPSA) is 29.1 Å². The van der Waals surface area contributed by atoms with Gasteiger partial charge in [0.1, 0.15) is 6.29 Å². The van der Waals surface area contributed by atoms with Crippen molar-refractivity contribution in [2.24, 2.45) is 5.41 Å². The summed E-state index contributed by atoms with van der Waals surface area (Å²) in [4.78, 5) is 10.6. The average Bonchev–Trinajstić information content (AvgIpc) is 1.86. The Balaban J connectivity index is 4.12. The Morgan fingerprint density at radius 1 is 1.27 bits per heavy atom. The van der Waals surface area contributed by atoms with Gasteiger partial charge in [0.25, 0.3) is 0 Å². The molecule has 1 N–H and O–H groups in total. The number of carbonyl (C=O) groups is 1. The van der Waals surface area contributed by atoms with Gasteiger partial charge in [0, 0.05) is 11.0 Å². The summed E-state index contributed by atoms with van der Waals surface area (Å²) in [7, 11) is 1.92. The third-order valence-corrected chi connectivity index (χ3v) is 1.89. The number of nitrogens with one attached hydrogen (secondary N) is 1. The van der Waals surface area contributed by atoms with Crippen LogP contribution in [0.5, 0.6) is 0 Å². The number of rotatable bonds is 4. The van der Waals surface area contributed by atoms with Crippen LogP contribution in [0.2, 0.25) is 0 Å². The summed E-state index contributed by atoms with van der Waals surface area (Å²) in [6, 6.07) is 0. The summed E-state index contributed by atoms with van der Waals surface area (Å²) in [6.45, 7) is 8.11. The van der Waals surface area contributed by atoms with Crippen LogP contribution in [-0.2, 0) is 4.79 Å². The fraction of sp³-hybridized carbons (Fsp3) is 0.889. The van der Waals surface area contributed by atoms with Crippen LogP contribution in [0.25, 0.3) is 0 Å². The molecule has 11 heavy (non-hydrogen) atoms. The largest absolute Gasteiger partial charge is 0.315 e. The van der Waals surface area contributed by atoms with E-state index in [1.807, 2.05) is 20.9 Å². The molecule has 0 spiro atoms. The van der Waals surface area contributed by atoms with Crippen molar-refractivity contribution in [2.45, 2.75) is 39.7 Å². The van der Waals surface area contributed by atoms with Crippen LogP contribution < -0.4 is 5.32 Å². The lowest BCUT2D eigenvalue weighted by Gasteiger charge is -2.30. The zero-order valence-corrected chi connectivity index (χ0v) is 8.19. The molecule has 2 heteroatoms. The van der Waals surface area contributed by atoms with Crippen LogP contribution in [0, 0.1) is 5.41 Å². The van der Waals surface area contributed by atoms with E-state index in [0.29, 0.717) is 0 Å². The molecule has 0 aliphatic carbocycles. The normalized spacial score (nSPS) is 13.2. The number of carbonyl (C=O) groups excluding carboxylic acids is 1. The van der Waals surface area contributed by atoms with Crippen molar-refractivity contribution >= 4 is 6.29 Å². The standard InChI is InChI=1S/C9H19NO/c1-8(2,7-11)6-9(3,4)10-5/h7,10H,6H2,1-5H3. The summed E-state index contributed by atoms with van der Waals surface area (Å²) in [6.07, 6.45) is 1.88. The van der Waals surface area contributed by atoms with Crippen LogP contribution in [0.4, 0.5) is 0 Å². The fourth-order valence-electron chi connectivity index (χ4n) is 1.27. The Hall–Kier alpha value is -0.370. The average molecular weight is 157 g/mol. The van der Waals surface area contributed by atoms with Crippen LogP contribution in [-0.4, -0.2) is 18.9 Å². The molecule has 0 rings (SSSR count). The van der Waals surface area contributed by atoms with Gasteiger partial charge in [-0.2, -0.15) is 0 Å². The third kappa shape index (κ3) is 4.14. The van der Waals surface area contributed by atoms with Gasteiger partial charge < -0.3 is 10.1 Å². The summed E-state index contributed by atoms with van der Waals surface area (Å²) < 4.78 is 0. The number of aldehydes is 1. The minimum atomic E-state index is -0.216. The van der Waals surface area contributed by atoms with Gasteiger partial charge in [-0.25, -0.2) is 0 Å². The lowest BCUT2D eigenvalue weighted by atomic mass is 9.81. The van der Waals surface area contributed by atoms with E-state index >= 15 is 0 Å². The van der Waals surface area contributed by atoms with E-state index in [1.165, 1.54) is 0 Å². The van der Waals surface area contributed by atoms with E-state index in [4.69, 9.17) is 0 Å². The Labute approximate surface area is 69.4 Å². The van der Waals surface area contributed by atoms with Crippen molar-refractivity contribution in [1.82, 2.24) is 5.32 Å². The van der Waals surface area contributed by atoms with Gasteiger partial charge in [-0.15, -0.1) is 0 Å². The van der Waals surface area contributed by atoms with Crippen molar-refractivity contribution in [3.63, 3.8) is 0 Å². The van der Waals surface area contributed by atoms with Crippen LogP contribution >= 0.6 is 0 Å². The summed E-state index contributed by atoms with van der Waals surface area (Å²) in [5.74, 6) is 0. The quantitative estimate of drug-likeness (QED) is 0.628. The Morgan fingerprint density at radius 2 is 1.73 bits per heavy atom. The molecule has 0 amide bonds. The van der Waals surface area contributed by atoms with E-state index in [2.05, 4.69) is 19.2 Å². The van der Waals surface area contributed by atoms with Crippen molar-refractivity contribution in [3.05, 3.63) is 0 Å². The van der Waals surface area contributed by atoms with Crippen molar-refractivity contribution in [2.75, 3.05) is 7.05 Å². The molecule has 0 aromatic rings. The fourth-order valence-corrected chi connectivity index (χ4v) is 1.27. The third-order valence-electron chi connectivity index (χ3n) is 1.89. The molecule has 0 heterocycles. The molecular weight excluding hydrogens is 138 g/mol. The Kier molecular flexibility index (Phi) is 3.24. The number of hydrogen-bond acceptors (Lipinski definition) is 2. The van der Waals surface area contributed by atoms with E-state index < -0.39 is 0 Å². The molecule has 0 bridgehead atoms. The molecule has 0 aromatic carbocycles. The van der Waals surface area contributed by atoms with Gasteiger partial charge in [0.15, 0.2) is 0 Å². The van der Waals surface area contributed by atoms with Crippen LogP contribution in [0.3, 0.4) is 0 Å². The smallest absolute Gasteiger partial charge is 0.125 e. The first-order chi connectivity index (χ1) is 4.83. The van der Waals surface area contributed by atoms with Gasteiger partial charge in [-0.3, -0.25) is 0 Å². The summed E-state index contributed by atoms with van der Waals surface area (Å²) >= 11 is 0. The highest BCUT2D eigenvalue weighted by molar-refractivity contribution is 5.58. The molecule has 0 atom stereocenters. The maximum absolute atomic E-state index is 10.6. The van der Waals surface area contributed by atoms with E-state index in [1.54, 1.807) is 0 Å². The summed E-state index contributed by atoms with van der Waals surface area (Å²) in [5.41, 5.74) is -0.170. The predicted octanol–water partition coefficient (Wildman–Crippen LogP) is 1.60. The molecule has 2 nitrogen and oxygen atoms in total. The second-order valence-electron chi connectivity index (χ2n) is 4.42. The highest BCUT2D eigenvalue weighted by Crippen LogP contribution is 2.24. The Morgan fingerprint density at radius 3 is 2.00 bits per heavy atom. The second-order valence-corrected chi connectivity index (χ2v) is 4.42. The lowest BCUT2D eigenvalue weighted by molar-refractivity contribution is -0.115. The van der Waals surface area contributed by atoms with Gasteiger partial charge in [-0.05, 0) is 27.3 Å². The summed E-state index contributed by atoms with van der Waals surface area (Å²) in [5, 5.41) is 3.17. The van der Waals surface area contributed by atoms with Crippen molar-refractivity contribution in [1.29, 1.82) is 0 Å². The van der Waals surface area contributed by atoms with Gasteiger partial charge in [0.2, 0.25) is 0 Å². The van der Waals surface area contributed by atoms with Crippen LogP contribution in [0.15, 0.2) is 0 Å². The maximum Gasteiger partial charge on any atom is 0.125 e. The van der Waals surface area contributed by atoms with Gasteiger partial charge >= 0.3 is 0 Å². The van der Waals surface area contributed by atoms with E-state index in [9.17, 15) is 4.79 Å². The second kappa shape index (κ2) is 3.35. The highest BCUT2D eigenvalue weighted by atomic mass is 16.1. The molecule has 0 saturated heterocycles. The van der Waals surface area contributed by atoms with Crippen molar-refractivity contribution in [3.8, 4) is 0 Å². The Bertz CT molecular complexity index is 138. The van der Waals surface area contributed by atoms with Gasteiger partial charge in [0.05, 0.1) is 0 Å². The first-order valence-electron chi connectivity index (χ1n) is 3.98. The van der Waals surface area contributed by atoms with Crippen LogP contribution in [0.1, 0.15) is 34.1 Å². The van der Waals surface area contributed by atoms with Crippen molar-refractivity contribution < 1.29 is 4.79 Å². The van der Waals surface area contributed by atoms with Gasteiger partial charge in [-0.1, -0.05) is 13.8 Å². The molecule has 0 saturated carbocycles. The number of hydrogen-bond donors (Lipinski definition) is 1. The predicted molar refractivity (Wildman–Crippen MR) is 47.6 cm³/mol. The molecule has 66 valence electrons. The highest BCUT2D eigenvalue weighted by Gasteiger charge is 2.26. The molecule has 0 aliphatic heterocycles. The molecule has 0 radical (unpaired) electrons. The first-order valence-corrected chi connectivity index (χ1v) is 3.98. The zero-order valence-electron chi connectivity index (χ0n) is 8.19. The zero-order chi connectivity index (χ0) is 9.12. The molecule has 0 aromatic heterocycles.